The Labute approximate surface area is 253 Å². The number of carbonyl (C=O) groups is 2. The zero-order valence-electron chi connectivity index (χ0n) is 24.1. The number of sulfonamides is 1. The van der Waals surface area contributed by atoms with E-state index in [4.69, 9.17) is 23.2 Å². The van der Waals surface area contributed by atoms with Gasteiger partial charge in [-0.05, 0) is 75.1 Å². The van der Waals surface area contributed by atoms with Crippen molar-refractivity contribution in [3.63, 3.8) is 0 Å². The molecule has 3 rings (SSSR count). The van der Waals surface area contributed by atoms with Crippen molar-refractivity contribution in [1.29, 1.82) is 0 Å². The van der Waals surface area contributed by atoms with Gasteiger partial charge in [-0.3, -0.25) is 13.9 Å². The summed E-state index contributed by atoms with van der Waals surface area (Å²) in [4.78, 5) is 28.9. The molecule has 10 heteroatoms. The van der Waals surface area contributed by atoms with Gasteiger partial charge in [-0.25, -0.2) is 8.42 Å². The maximum atomic E-state index is 14.2. The molecule has 1 atom stereocenters. The van der Waals surface area contributed by atoms with Crippen molar-refractivity contribution in [2.24, 2.45) is 0 Å². The van der Waals surface area contributed by atoms with Gasteiger partial charge in [0.2, 0.25) is 11.8 Å². The molecule has 3 aromatic carbocycles. The molecular weight excluding hydrogens is 581 g/mol. The molecule has 0 saturated heterocycles. The number of nitrogens with zero attached hydrogens (tertiary/aromatic N) is 2. The second-order valence-electron chi connectivity index (χ2n) is 10.1. The molecule has 0 aromatic heterocycles. The molecule has 0 fully saturated rings. The van der Waals surface area contributed by atoms with E-state index in [0.717, 1.165) is 21.9 Å². The maximum Gasteiger partial charge on any atom is 0.264 e. The number of anilines is 1. The summed E-state index contributed by atoms with van der Waals surface area (Å²) in [6.07, 6.45) is 1.03. The summed E-state index contributed by atoms with van der Waals surface area (Å²) in [6.45, 7) is 9.11. The number of amides is 2. The highest BCUT2D eigenvalue weighted by molar-refractivity contribution is 7.92. The molecule has 0 heterocycles. The third kappa shape index (κ3) is 7.82. The zero-order valence-corrected chi connectivity index (χ0v) is 26.4. The minimum atomic E-state index is -4.16. The second kappa shape index (κ2) is 14.2. The fourth-order valence-corrected chi connectivity index (χ4v) is 6.47. The Morgan fingerprint density at radius 3 is 2.10 bits per heavy atom. The van der Waals surface area contributed by atoms with E-state index in [1.807, 2.05) is 32.9 Å². The van der Waals surface area contributed by atoms with Crippen LogP contribution in [0, 0.1) is 20.8 Å². The Morgan fingerprint density at radius 2 is 1.51 bits per heavy atom. The summed E-state index contributed by atoms with van der Waals surface area (Å²) in [7, 11) is -4.16. The second-order valence-corrected chi connectivity index (χ2v) is 12.7. The normalized spacial score (nSPS) is 12.1. The monoisotopic (exact) mass is 617 g/mol. The smallest absolute Gasteiger partial charge is 0.264 e. The van der Waals surface area contributed by atoms with Gasteiger partial charge in [0, 0.05) is 28.7 Å². The summed E-state index contributed by atoms with van der Waals surface area (Å²) >= 11 is 12.9. The molecule has 0 aliphatic heterocycles. The van der Waals surface area contributed by atoms with E-state index in [2.05, 4.69) is 5.32 Å². The lowest BCUT2D eigenvalue weighted by molar-refractivity contribution is -0.140. The van der Waals surface area contributed by atoms with Crippen LogP contribution >= 0.6 is 23.2 Å². The summed E-state index contributed by atoms with van der Waals surface area (Å²) < 4.78 is 29.3. The van der Waals surface area contributed by atoms with Crippen LogP contribution in [0.25, 0.3) is 0 Å². The third-order valence-electron chi connectivity index (χ3n) is 6.85. The maximum absolute atomic E-state index is 14.2. The van der Waals surface area contributed by atoms with E-state index in [-0.39, 0.29) is 17.3 Å². The molecular formula is C31H37Cl2N3O4S. The van der Waals surface area contributed by atoms with Crippen LogP contribution < -0.4 is 9.62 Å². The predicted molar refractivity (Wildman–Crippen MR) is 166 cm³/mol. The van der Waals surface area contributed by atoms with Crippen LogP contribution in [-0.4, -0.2) is 44.3 Å². The topological polar surface area (TPSA) is 86.8 Å². The molecule has 2 amide bonds. The molecule has 0 bridgehead atoms. The third-order valence-corrected chi connectivity index (χ3v) is 9.33. The summed E-state index contributed by atoms with van der Waals surface area (Å²) in [6, 6.07) is 16.1. The number of carbonyl (C=O) groups excluding carboxylic acids is 2. The Bertz CT molecular complexity index is 1470. The van der Waals surface area contributed by atoms with E-state index in [1.54, 1.807) is 50.2 Å². The van der Waals surface area contributed by atoms with E-state index in [1.165, 1.54) is 17.0 Å². The van der Waals surface area contributed by atoms with Gasteiger partial charge >= 0.3 is 0 Å². The van der Waals surface area contributed by atoms with Gasteiger partial charge < -0.3 is 10.2 Å². The van der Waals surface area contributed by atoms with Crippen molar-refractivity contribution >= 4 is 50.7 Å². The number of rotatable bonds is 12. The van der Waals surface area contributed by atoms with E-state index < -0.39 is 28.5 Å². The molecule has 0 aliphatic rings. The molecule has 220 valence electrons. The van der Waals surface area contributed by atoms with Gasteiger partial charge in [-0.1, -0.05) is 72.9 Å². The Kier molecular flexibility index (Phi) is 11.2. The molecule has 3 aromatic rings. The van der Waals surface area contributed by atoms with E-state index in [0.29, 0.717) is 39.8 Å². The molecule has 0 unspecified atom stereocenters. The molecule has 41 heavy (non-hydrogen) atoms. The molecule has 7 nitrogen and oxygen atoms in total. The van der Waals surface area contributed by atoms with Crippen molar-refractivity contribution in [2.75, 3.05) is 17.4 Å². The predicted octanol–water partition coefficient (Wildman–Crippen LogP) is 6.45. The first kappa shape index (κ1) is 32.4. The van der Waals surface area contributed by atoms with Crippen molar-refractivity contribution in [3.05, 3.63) is 93.0 Å². The van der Waals surface area contributed by atoms with E-state index in [9.17, 15) is 18.0 Å². The zero-order chi connectivity index (χ0) is 30.3. The number of benzene rings is 3. The Morgan fingerprint density at radius 1 is 0.902 bits per heavy atom. The highest BCUT2D eigenvalue weighted by Crippen LogP contribution is 2.30. The number of halogens is 2. The molecule has 0 aliphatic carbocycles. The van der Waals surface area contributed by atoms with Crippen LogP contribution in [0.5, 0.6) is 0 Å². The van der Waals surface area contributed by atoms with Crippen molar-refractivity contribution in [3.8, 4) is 0 Å². The quantitative estimate of drug-likeness (QED) is 0.253. The Hall–Kier alpha value is -3.07. The van der Waals surface area contributed by atoms with Crippen LogP contribution in [0.1, 0.15) is 48.9 Å². The largest absolute Gasteiger partial charge is 0.354 e. The van der Waals surface area contributed by atoms with Gasteiger partial charge in [0.05, 0.1) is 10.6 Å². The highest BCUT2D eigenvalue weighted by atomic mass is 35.5. The summed E-state index contributed by atoms with van der Waals surface area (Å²) in [5.74, 6) is -0.887. The number of hydrogen-bond acceptors (Lipinski definition) is 4. The van der Waals surface area contributed by atoms with Crippen molar-refractivity contribution in [2.45, 2.75) is 64.9 Å². The first-order chi connectivity index (χ1) is 19.4. The summed E-state index contributed by atoms with van der Waals surface area (Å²) in [5.41, 5.74) is 3.30. The van der Waals surface area contributed by atoms with Gasteiger partial charge in [-0.2, -0.15) is 0 Å². The van der Waals surface area contributed by atoms with Crippen LogP contribution in [0.3, 0.4) is 0 Å². The van der Waals surface area contributed by atoms with Crippen LogP contribution in [-0.2, 0) is 26.2 Å². The van der Waals surface area contributed by atoms with Gasteiger partial charge in [0.25, 0.3) is 10.0 Å². The van der Waals surface area contributed by atoms with Crippen LogP contribution in [0.2, 0.25) is 10.0 Å². The lowest BCUT2D eigenvalue weighted by Gasteiger charge is -2.34. The van der Waals surface area contributed by atoms with Gasteiger partial charge in [0.15, 0.2) is 0 Å². The number of nitrogens with one attached hydrogen (secondary N) is 1. The van der Waals surface area contributed by atoms with Crippen LogP contribution in [0.4, 0.5) is 5.69 Å². The minimum absolute atomic E-state index is 0.0604. The molecule has 1 N–H and O–H groups in total. The summed E-state index contributed by atoms with van der Waals surface area (Å²) in [5, 5.41) is 3.56. The Balaban J connectivity index is 2.13. The molecule has 0 spiro atoms. The van der Waals surface area contributed by atoms with Gasteiger partial charge in [0.1, 0.15) is 12.6 Å². The van der Waals surface area contributed by atoms with Gasteiger partial charge in [-0.15, -0.1) is 0 Å². The van der Waals surface area contributed by atoms with Crippen molar-refractivity contribution < 1.29 is 18.0 Å². The average molecular weight is 619 g/mol. The molecule has 0 saturated carbocycles. The first-order valence-electron chi connectivity index (χ1n) is 13.6. The van der Waals surface area contributed by atoms with Crippen LogP contribution in [0.15, 0.2) is 65.6 Å². The fraction of sp³-hybridized carbons (Fsp3) is 0.355. The number of aryl methyl sites for hydroxylation is 3. The fourth-order valence-electron chi connectivity index (χ4n) is 4.48. The average Bonchev–Trinajstić information content (AvgIpc) is 2.93. The van der Waals surface area contributed by atoms with E-state index >= 15 is 0 Å². The standard InChI is InChI=1S/C31H37Cl2N3O4S/c1-6-17-34-31(38)28(7-2)35(19-25-26(32)9-8-10-27(25)33)30(37)20-36(29-18-22(4)11-14-23(29)5)41(39,40)24-15-12-21(3)13-16-24/h8-16,18,28H,6-7,17,19-20H2,1-5H3,(H,34,38)/t28-/m1/s1. The number of hydrogen-bond donors (Lipinski definition) is 1. The first-order valence-corrected chi connectivity index (χ1v) is 15.8. The lowest BCUT2D eigenvalue weighted by Crippen LogP contribution is -2.52. The lowest BCUT2D eigenvalue weighted by atomic mass is 10.1. The highest BCUT2D eigenvalue weighted by Gasteiger charge is 2.34. The minimum Gasteiger partial charge on any atom is -0.354 e. The molecule has 0 radical (unpaired) electrons. The SMILES string of the molecule is CCCNC(=O)[C@@H](CC)N(Cc1c(Cl)cccc1Cl)C(=O)CN(c1cc(C)ccc1C)S(=O)(=O)c1ccc(C)cc1. The van der Waals surface area contributed by atoms with Crippen molar-refractivity contribution in [1.82, 2.24) is 10.2 Å².